The predicted octanol–water partition coefficient (Wildman–Crippen LogP) is 0.507. The monoisotopic (exact) mass is 329 g/mol. The summed E-state index contributed by atoms with van der Waals surface area (Å²) in [4.78, 5) is 5.04. The molecule has 2 N–H and O–H groups in total. The number of hydrogen-bond acceptors (Lipinski definition) is 6. The van der Waals surface area contributed by atoms with Crippen molar-refractivity contribution >= 4 is 21.4 Å². The number of thiophene rings is 1. The molecule has 7 nitrogen and oxygen atoms in total. The number of aryl methyl sites for hydroxylation is 1. The van der Waals surface area contributed by atoms with Gasteiger partial charge in [-0.05, 0) is 31.6 Å². The van der Waals surface area contributed by atoms with E-state index < -0.39 is 10.0 Å². The first-order valence-electron chi connectivity index (χ1n) is 6.65. The third kappa shape index (κ3) is 4.60. The smallest absolute Gasteiger partial charge is 0.250 e. The Kier molecular flexibility index (Phi) is 5.45. The number of nitrogens with one attached hydrogen (secondary N) is 2. The second kappa shape index (κ2) is 7.12. The minimum Gasteiger partial charge on any atom is -0.317 e. The largest absolute Gasteiger partial charge is 0.317 e. The van der Waals surface area contributed by atoms with Crippen LogP contribution in [0.25, 0.3) is 0 Å². The fraction of sp³-hybridized carbons (Fsp3) is 0.500. The summed E-state index contributed by atoms with van der Waals surface area (Å²) in [7, 11) is -1.76. The van der Waals surface area contributed by atoms with E-state index in [1.165, 1.54) is 22.3 Å². The van der Waals surface area contributed by atoms with Crippen molar-refractivity contribution in [1.29, 1.82) is 0 Å². The van der Waals surface area contributed by atoms with E-state index in [1.807, 2.05) is 13.0 Å². The molecule has 2 rings (SSSR count). The van der Waals surface area contributed by atoms with Crippen LogP contribution < -0.4 is 10.0 Å². The molecule has 2 aromatic rings. The van der Waals surface area contributed by atoms with Crippen LogP contribution in [0, 0.1) is 0 Å². The quantitative estimate of drug-likeness (QED) is 0.689. The molecule has 0 amide bonds. The lowest BCUT2D eigenvalue weighted by Gasteiger charge is -2.02. The van der Waals surface area contributed by atoms with Crippen molar-refractivity contribution in [2.75, 3.05) is 13.1 Å². The van der Waals surface area contributed by atoms with Crippen LogP contribution in [0.3, 0.4) is 0 Å². The van der Waals surface area contributed by atoms with Gasteiger partial charge in [0.05, 0.1) is 6.54 Å². The Balaban J connectivity index is 1.95. The van der Waals surface area contributed by atoms with Crippen LogP contribution in [0.15, 0.2) is 22.7 Å². The molecule has 0 fully saturated rings. The summed E-state index contributed by atoms with van der Waals surface area (Å²) in [6, 6.07) is 3.50. The van der Waals surface area contributed by atoms with Crippen molar-refractivity contribution in [2.24, 2.45) is 7.05 Å². The Morgan fingerprint density at radius 1 is 1.38 bits per heavy atom. The van der Waals surface area contributed by atoms with Gasteiger partial charge in [0, 0.05) is 11.9 Å². The Morgan fingerprint density at radius 2 is 2.19 bits per heavy atom. The van der Waals surface area contributed by atoms with E-state index in [4.69, 9.17) is 0 Å². The second-order valence-electron chi connectivity index (χ2n) is 4.48. The normalized spacial score (nSPS) is 11.9. The minimum absolute atomic E-state index is 0.0911. The molecule has 0 aromatic carbocycles. The number of sulfonamides is 1. The van der Waals surface area contributed by atoms with Crippen molar-refractivity contribution in [3.63, 3.8) is 0 Å². The highest BCUT2D eigenvalue weighted by atomic mass is 32.2. The van der Waals surface area contributed by atoms with Crippen molar-refractivity contribution < 1.29 is 8.42 Å². The first-order valence-corrected chi connectivity index (χ1v) is 8.95. The van der Waals surface area contributed by atoms with Gasteiger partial charge in [0.1, 0.15) is 10.5 Å². The van der Waals surface area contributed by atoms with Gasteiger partial charge in [-0.15, -0.1) is 11.3 Å². The Morgan fingerprint density at radius 3 is 2.86 bits per heavy atom. The molecule has 0 saturated carbocycles. The maximum Gasteiger partial charge on any atom is 0.250 e. The Bertz CT molecular complexity index is 677. The minimum atomic E-state index is -3.50. The zero-order chi connectivity index (χ0) is 15.3. The lowest BCUT2D eigenvalue weighted by molar-refractivity contribution is 0.580. The van der Waals surface area contributed by atoms with Crippen molar-refractivity contribution in [1.82, 2.24) is 24.8 Å². The summed E-state index contributed by atoms with van der Waals surface area (Å²) in [5.74, 6) is 0.449. The van der Waals surface area contributed by atoms with Crippen LogP contribution in [-0.2, 0) is 30.0 Å². The van der Waals surface area contributed by atoms with Gasteiger partial charge in [0.15, 0.2) is 5.82 Å². The van der Waals surface area contributed by atoms with E-state index >= 15 is 0 Å². The topological polar surface area (TPSA) is 88.9 Å². The first-order chi connectivity index (χ1) is 10.0. The van der Waals surface area contributed by atoms with Gasteiger partial charge < -0.3 is 5.32 Å². The summed E-state index contributed by atoms with van der Waals surface area (Å²) in [6.07, 6.45) is 2.36. The van der Waals surface area contributed by atoms with E-state index in [2.05, 4.69) is 20.1 Å². The van der Waals surface area contributed by atoms with Gasteiger partial charge in [0.2, 0.25) is 10.0 Å². The van der Waals surface area contributed by atoms with Gasteiger partial charge in [-0.2, -0.15) is 5.10 Å². The average molecular weight is 329 g/mol. The predicted molar refractivity (Wildman–Crippen MR) is 81.6 cm³/mol. The summed E-state index contributed by atoms with van der Waals surface area (Å²) in [5, 5.41) is 7.25. The molecule has 0 aliphatic carbocycles. The number of rotatable bonds is 8. The van der Waals surface area contributed by atoms with Gasteiger partial charge in [-0.25, -0.2) is 18.1 Å². The molecule has 0 aliphatic heterocycles. The van der Waals surface area contributed by atoms with Gasteiger partial charge in [0.25, 0.3) is 0 Å². The number of likely N-dealkylation sites (N-methyl/N-ethyl adjacent to an activating group) is 1. The third-order valence-electron chi connectivity index (χ3n) is 2.77. The highest BCUT2D eigenvalue weighted by Gasteiger charge is 2.17. The molecule has 0 saturated heterocycles. The summed E-state index contributed by atoms with van der Waals surface area (Å²) in [5.41, 5.74) is 0. The van der Waals surface area contributed by atoms with Crippen LogP contribution >= 0.6 is 11.3 Å². The highest BCUT2D eigenvalue weighted by Crippen LogP contribution is 2.21. The molecule has 0 atom stereocenters. The maximum absolute atomic E-state index is 12.2. The lowest BCUT2D eigenvalue weighted by atomic mass is 10.3. The molecule has 0 unspecified atom stereocenters. The Labute approximate surface area is 128 Å². The van der Waals surface area contributed by atoms with Crippen LogP contribution in [0.1, 0.15) is 17.6 Å². The first kappa shape index (κ1) is 16.1. The second-order valence-corrected chi connectivity index (χ2v) is 7.65. The van der Waals surface area contributed by atoms with Gasteiger partial charge in [-0.3, -0.25) is 4.68 Å². The van der Waals surface area contributed by atoms with Crippen molar-refractivity contribution in [2.45, 2.75) is 24.1 Å². The molecule has 21 heavy (non-hydrogen) atoms. The molecular weight excluding hydrogens is 310 g/mol. The number of nitrogens with zero attached hydrogens (tertiary/aromatic N) is 3. The SMILES string of the molecule is CCNCCc1ccc(S(=O)(=O)NCc2ncn(C)n2)s1. The van der Waals surface area contributed by atoms with Crippen LogP contribution in [0.2, 0.25) is 0 Å². The molecule has 0 bridgehead atoms. The lowest BCUT2D eigenvalue weighted by Crippen LogP contribution is -2.23. The van der Waals surface area contributed by atoms with Crippen LogP contribution in [-0.4, -0.2) is 36.3 Å². The van der Waals surface area contributed by atoms with E-state index in [1.54, 1.807) is 13.1 Å². The number of aromatic nitrogens is 3. The molecule has 0 spiro atoms. The molecular formula is C12H19N5O2S2. The van der Waals surface area contributed by atoms with E-state index in [-0.39, 0.29) is 6.54 Å². The van der Waals surface area contributed by atoms with E-state index in [9.17, 15) is 8.42 Å². The summed E-state index contributed by atoms with van der Waals surface area (Å²) in [6.45, 7) is 3.89. The van der Waals surface area contributed by atoms with E-state index in [0.717, 1.165) is 24.4 Å². The third-order valence-corrected chi connectivity index (χ3v) is 5.81. The van der Waals surface area contributed by atoms with Crippen molar-refractivity contribution in [3.05, 3.63) is 29.2 Å². The molecule has 116 valence electrons. The Hall–Kier alpha value is -1.29. The van der Waals surface area contributed by atoms with Gasteiger partial charge in [-0.1, -0.05) is 6.92 Å². The van der Waals surface area contributed by atoms with E-state index in [0.29, 0.717) is 10.0 Å². The number of hydrogen-bond donors (Lipinski definition) is 2. The van der Waals surface area contributed by atoms with Crippen LogP contribution in [0.5, 0.6) is 0 Å². The fourth-order valence-electron chi connectivity index (χ4n) is 1.72. The molecule has 9 heteroatoms. The molecule has 2 heterocycles. The summed E-state index contributed by atoms with van der Waals surface area (Å²) < 4.78 is 28.7. The summed E-state index contributed by atoms with van der Waals surface area (Å²) >= 11 is 1.29. The molecule has 2 aromatic heterocycles. The standard InChI is InChI=1S/C12H19N5O2S2/c1-3-13-7-6-10-4-5-12(20-10)21(18,19)15-8-11-14-9-17(2)16-11/h4-5,9,13,15H,3,6-8H2,1-2H3. The highest BCUT2D eigenvalue weighted by molar-refractivity contribution is 7.91. The zero-order valence-corrected chi connectivity index (χ0v) is 13.7. The average Bonchev–Trinajstić information content (AvgIpc) is 3.06. The fourth-order valence-corrected chi connectivity index (χ4v) is 4.10. The zero-order valence-electron chi connectivity index (χ0n) is 12.0. The molecule has 0 radical (unpaired) electrons. The van der Waals surface area contributed by atoms with Gasteiger partial charge >= 0.3 is 0 Å². The van der Waals surface area contributed by atoms with Crippen LogP contribution in [0.4, 0.5) is 0 Å². The molecule has 0 aliphatic rings. The maximum atomic E-state index is 12.2. The van der Waals surface area contributed by atoms with Crippen molar-refractivity contribution in [3.8, 4) is 0 Å².